The Balaban J connectivity index is 0.000000107. The van der Waals surface area contributed by atoms with Crippen LogP contribution < -0.4 is 82.3 Å². The van der Waals surface area contributed by atoms with Crippen molar-refractivity contribution in [3.05, 3.63) is 190 Å². The van der Waals surface area contributed by atoms with Crippen molar-refractivity contribution in [2.24, 2.45) is 52.7 Å². The predicted octanol–water partition coefficient (Wildman–Crippen LogP) is 11.6. The smallest absolute Gasteiger partial charge is 0.324 e. The number of nitrogens with one attached hydrogen (secondary N) is 5. The molecule has 0 amide bonds. The number of rotatable bonds is 17. The summed E-state index contributed by atoms with van der Waals surface area (Å²) in [5.74, 6) is 9.92. The van der Waals surface area contributed by atoms with E-state index in [-0.39, 0.29) is 59.4 Å². The quantitative estimate of drug-likeness (QED) is 0.0393. The number of piperidine rings is 1. The minimum Gasteiger partial charge on any atom is -0.421 e. The zero-order valence-corrected chi connectivity index (χ0v) is 71.5. The largest absolute Gasteiger partial charge is 0.421 e. The van der Waals surface area contributed by atoms with E-state index in [0.29, 0.717) is 120 Å². The maximum atomic E-state index is 14.5. The molecule has 36 heteroatoms. The van der Waals surface area contributed by atoms with Crippen LogP contribution in [0.15, 0.2) is 98.1 Å². The highest BCUT2D eigenvalue weighted by Crippen LogP contribution is 2.56. The summed E-state index contributed by atoms with van der Waals surface area (Å²) in [4.78, 5) is 80.4. The van der Waals surface area contributed by atoms with E-state index in [2.05, 4.69) is 91.0 Å². The van der Waals surface area contributed by atoms with Gasteiger partial charge in [0.15, 0.2) is 23.0 Å². The molecule has 13 heterocycles. The average Bonchev–Trinajstić information content (AvgIpc) is 1.58. The number of nitrogens with zero attached hydrogens (tertiary/aromatic N) is 20. The van der Waals surface area contributed by atoms with Crippen LogP contribution in [0.3, 0.4) is 0 Å². The normalized spacial score (nSPS) is 20.8. The maximum Gasteiger partial charge on any atom is 0.324 e. The van der Waals surface area contributed by atoms with Gasteiger partial charge in [-0.1, -0.05) is 0 Å². The molecule has 32 nitrogen and oxygen atoms in total. The predicted molar refractivity (Wildman–Crippen MR) is 472 cm³/mol. The molecule has 0 spiro atoms. The molecule has 8 aromatic heterocycles. The topological polar surface area (TPSA) is 394 Å². The van der Waals surface area contributed by atoms with Gasteiger partial charge in [0.05, 0.1) is 72.4 Å². The first kappa shape index (κ1) is 82.0. The molecule has 11 aliphatic rings. The van der Waals surface area contributed by atoms with Gasteiger partial charge in [-0.25, -0.2) is 57.4 Å². The van der Waals surface area contributed by atoms with Gasteiger partial charge < -0.3 is 82.3 Å². The number of fused-ring (bicyclic) bond motifs is 15. The molecule has 2 saturated carbocycles. The lowest BCUT2D eigenvalue weighted by atomic mass is 9.98. The van der Waals surface area contributed by atoms with Crippen molar-refractivity contribution in [3.8, 4) is 91.5 Å². The summed E-state index contributed by atoms with van der Waals surface area (Å²) in [5.41, 5.74) is 35.8. The molecule has 7 fully saturated rings. The fourth-order valence-electron chi connectivity index (χ4n) is 20.2. The van der Waals surface area contributed by atoms with E-state index < -0.39 is 0 Å². The lowest BCUT2D eigenvalue weighted by Crippen LogP contribution is -2.30. The molecule has 0 bridgehead atoms. The Morgan fingerprint density at radius 1 is 0.378 bits per heavy atom. The molecular formula is C91H96F4N28O4. The van der Waals surface area contributed by atoms with Gasteiger partial charge in [-0.3, -0.25) is 0 Å². The van der Waals surface area contributed by atoms with Crippen LogP contribution in [0.1, 0.15) is 94.0 Å². The number of ether oxygens (including phenoxy) is 4. The molecule has 652 valence electrons. The first-order valence-corrected chi connectivity index (χ1v) is 43.1. The van der Waals surface area contributed by atoms with E-state index >= 15 is 0 Å². The number of aromatic nitrogens is 16. The molecule has 127 heavy (non-hydrogen) atoms. The molecule has 5 saturated heterocycles. The van der Waals surface area contributed by atoms with Gasteiger partial charge in [0.25, 0.3) is 0 Å². The van der Waals surface area contributed by atoms with Crippen molar-refractivity contribution in [1.29, 1.82) is 0 Å². The van der Waals surface area contributed by atoms with E-state index in [9.17, 15) is 17.6 Å². The van der Waals surface area contributed by atoms with Crippen LogP contribution in [0.25, 0.3) is 44.5 Å². The highest BCUT2D eigenvalue weighted by molar-refractivity contribution is 5.92. The van der Waals surface area contributed by atoms with E-state index in [0.717, 1.165) is 220 Å². The van der Waals surface area contributed by atoms with Crippen molar-refractivity contribution in [1.82, 2.24) is 85.1 Å². The highest BCUT2D eigenvalue weighted by atomic mass is 19.1. The van der Waals surface area contributed by atoms with E-state index in [1.807, 2.05) is 27.8 Å². The summed E-state index contributed by atoms with van der Waals surface area (Å²) in [5, 5.41) is 16.0. The molecule has 12 aromatic rings. The summed E-state index contributed by atoms with van der Waals surface area (Å²) < 4.78 is 81.4. The Hall–Kier alpha value is -13.3. The van der Waals surface area contributed by atoms with E-state index in [1.54, 1.807) is 102 Å². The minimum absolute atomic E-state index is 0.0757. The fraction of sp³-hybridized carbons (Fsp3) is 0.385. The SMILES string of the molecule is CNc1cc(F)cc2c1Cc1nc(Oc3cnc(C)nc3)nc(N3CC4C(CN)C4C3)c1-2.CNc1cc(F)cc2c1Cc1nc(Oc3cnc(C)nc3)nc(N3CC4CCC(N)C4C3)c1-2.CNc1cc(F)cc2c1Cc1nc(Oc3cnc(C)nc3)nc(N3CC4CCNC4C3)c1-2.CNc1cc(F)cc2c1Cc1nc(Oc3cnc(C)nc3)nc(N3CC[C@H](N)C3)c1-2. The second kappa shape index (κ2) is 33.5. The van der Waals surface area contributed by atoms with Gasteiger partial charge in [-0.05, 0) is 195 Å². The molecule has 8 atom stereocenters. The van der Waals surface area contributed by atoms with Crippen molar-refractivity contribution < 1.29 is 36.5 Å². The minimum atomic E-state index is -0.299. The first-order valence-electron chi connectivity index (χ1n) is 43.1. The number of hydrogen-bond acceptors (Lipinski definition) is 32. The van der Waals surface area contributed by atoms with Crippen molar-refractivity contribution in [2.75, 3.05) is 135 Å². The molecule has 11 N–H and O–H groups in total. The van der Waals surface area contributed by atoms with Crippen LogP contribution in [0.2, 0.25) is 0 Å². The van der Waals surface area contributed by atoms with Crippen LogP contribution in [-0.2, 0) is 25.7 Å². The summed E-state index contributed by atoms with van der Waals surface area (Å²) in [6, 6.07) is 14.1. The number of halogens is 4. The number of anilines is 8. The molecule has 0 radical (unpaired) electrons. The van der Waals surface area contributed by atoms with Gasteiger partial charge in [0, 0.05) is 169 Å². The fourth-order valence-corrected chi connectivity index (χ4v) is 20.2. The van der Waals surface area contributed by atoms with E-state index in [1.165, 1.54) is 24.3 Å². The second-order valence-corrected chi connectivity index (χ2v) is 34.2. The molecule has 23 rings (SSSR count). The molecule has 4 aromatic carbocycles. The zero-order chi connectivity index (χ0) is 87.3. The lowest BCUT2D eigenvalue weighted by Gasteiger charge is -2.24. The Kier molecular flexibility index (Phi) is 21.7. The third-order valence-electron chi connectivity index (χ3n) is 26.4. The number of aryl methyl sites for hydroxylation is 4. The van der Waals surface area contributed by atoms with Crippen LogP contribution in [0, 0.1) is 86.5 Å². The Labute approximate surface area is 729 Å². The van der Waals surface area contributed by atoms with Gasteiger partial charge in [-0.15, -0.1) is 0 Å². The van der Waals surface area contributed by atoms with Gasteiger partial charge in [0.2, 0.25) is 0 Å². The Bertz CT molecular complexity index is 6240. The lowest BCUT2D eigenvalue weighted by molar-refractivity contribution is 0.435. The third kappa shape index (κ3) is 15.9. The monoisotopic (exact) mass is 1720 g/mol. The number of benzene rings is 4. The van der Waals surface area contributed by atoms with E-state index in [4.69, 9.17) is 71.0 Å². The van der Waals surface area contributed by atoms with Crippen LogP contribution >= 0.6 is 0 Å². The standard InChI is InChI=1S/C24H26FN7O.2C23H24FN7O.C21H22FN7O/c1-12-28-8-15(9-29-12)33-24-30-21-7-16-17(5-14(25)6-20(16)27-2)22(21)23(31-24)32-10-13-3-4-19(26)18(13)11-32;1-11-27-7-13(8-28-11)32-23-29-20-5-14-15(3-12(24)4-19(14)26-2)21(20)22(30-23)31-9-17-16(6-25)18(17)10-31;1-12-27-8-15(9-28-12)32-23-29-19-7-16-17(5-14(24)6-18(16)25-2)21(19)22(30-23)31-10-13-3-4-26-20(13)11-31;1-11-25-8-14(9-26-11)30-21-27-18-7-15-16(5-12(22)6-17(15)24-2)19(18)20(28-21)29-4-3-13(23)10-29/h5-6,8-9,13,18-19,27H,3-4,7,10-11,26H2,1-2H3;3-4,7-8,16-18,26H,5-6,9-10,25H2,1-2H3;5-6,8-9,13,20,25-26H,3-4,7,10-11H2,1-2H3;5-6,8-9,13,24H,3-4,7,10,23H2,1-2H3/t;;;13-/m...0/s1. The van der Waals surface area contributed by atoms with Crippen molar-refractivity contribution >= 4 is 46.0 Å². The highest BCUT2D eigenvalue weighted by Gasteiger charge is 2.56. The second-order valence-electron chi connectivity index (χ2n) is 34.2. The summed E-state index contributed by atoms with van der Waals surface area (Å²) >= 11 is 0. The average molecular weight is 1720 g/mol. The van der Waals surface area contributed by atoms with Gasteiger partial charge in [-0.2, -0.15) is 39.9 Å². The number of nitrogens with two attached hydrogens (primary N) is 3. The Morgan fingerprint density at radius 2 is 0.701 bits per heavy atom. The molecule has 5 aliphatic heterocycles. The van der Waals surface area contributed by atoms with Gasteiger partial charge in [0.1, 0.15) is 69.8 Å². The summed E-state index contributed by atoms with van der Waals surface area (Å²) in [6.07, 6.45) is 19.4. The first-order chi connectivity index (χ1) is 61.6. The van der Waals surface area contributed by atoms with Crippen LogP contribution in [-0.4, -0.2) is 192 Å². The molecule has 7 unspecified atom stereocenters. The zero-order valence-electron chi connectivity index (χ0n) is 71.5. The summed E-state index contributed by atoms with van der Waals surface area (Å²) in [7, 11) is 7.21. The van der Waals surface area contributed by atoms with Crippen LogP contribution in [0.4, 0.5) is 63.6 Å². The van der Waals surface area contributed by atoms with Crippen molar-refractivity contribution in [2.45, 2.75) is 97.2 Å². The third-order valence-corrected chi connectivity index (χ3v) is 26.4. The summed E-state index contributed by atoms with van der Waals surface area (Å²) in [6.45, 7) is 15.8. The van der Waals surface area contributed by atoms with Gasteiger partial charge >= 0.3 is 24.0 Å². The van der Waals surface area contributed by atoms with Crippen LogP contribution in [0.5, 0.6) is 47.0 Å². The molecular weight excluding hydrogens is 1630 g/mol. The van der Waals surface area contributed by atoms with Crippen molar-refractivity contribution in [3.63, 3.8) is 0 Å². The Morgan fingerprint density at radius 3 is 1.02 bits per heavy atom. The maximum absolute atomic E-state index is 14.5. The number of hydrogen-bond donors (Lipinski definition) is 8. The molecule has 6 aliphatic carbocycles.